The summed E-state index contributed by atoms with van der Waals surface area (Å²) in [5.41, 5.74) is 2.43. The molecule has 0 saturated heterocycles. The van der Waals surface area contributed by atoms with Gasteiger partial charge in [0.15, 0.2) is 5.03 Å². The summed E-state index contributed by atoms with van der Waals surface area (Å²) in [6.45, 7) is 3.17. The maximum Gasteiger partial charge on any atom is 0.280 e. The lowest BCUT2D eigenvalue weighted by Gasteiger charge is -2.06. The van der Waals surface area contributed by atoms with Crippen LogP contribution in [0, 0.1) is 6.92 Å². The largest absolute Gasteiger partial charge is 0.493 e. The number of aromatic nitrogens is 2. The molecule has 0 fully saturated rings. The van der Waals surface area contributed by atoms with E-state index in [0.717, 1.165) is 25.2 Å². The number of ether oxygens (including phenoxy) is 1. The molecule has 0 saturated carbocycles. The predicted molar refractivity (Wildman–Crippen MR) is 79.3 cm³/mol. The van der Waals surface area contributed by atoms with E-state index in [1.54, 1.807) is 11.5 Å². The van der Waals surface area contributed by atoms with Gasteiger partial charge in [0.2, 0.25) is 0 Å². The molecule has 1 aromatic heterocycles. The molecule has 112 valence electrons. The van der Waals surface area contributed by atoms with Gasteiger partial charge in [-0.2, -0.15) is 0 Å². The highest BCUT2D eigenvalue weighted by Crippen LogP contribution is 2.26. The first-order valence-electron chi connectivity index (χ1n) is 6.66. The number of aryl methyl sites for hydroxylation is 3. The smallest absolute Gasteiger partial charge is 0.280 e. The number of imidazole rings is 1. The second-order valence-electron chi connectivity index (χ2n) is 5.05. The van der Waals surface area contributed by atoms with Crippen molar-refractivity contribution in [1.29, 1.82) is 0 Å². The third kappa shape index (κ3) is 3.06. The summed E-state index contributed by atoms with van der Waals surface area (Å²) in [5, 5.41) is -0.0935. The molecule has 0 bridgehead atoms. The Labute approximate surface area is 127 Å². The van der Waals surface area contributed by atoms with Crippen LogP contribution in [0.3, 0.4) is 0 Å². The highest BCUT2D eigenvalue weighted by molar-refractivity contribution is 8.13. The monoisotopic (exact) mass is 326 g/mol. The molecule has 0 amide bonds. The van der Waals surface area contributed by atoms with Crippen molar-refractivity contribution < 1.29 is 13.2 Å². The van der Waals surface area contributed by atoms with Crippen LogP contribution < -0.4 is 4.74 Å². The Bertz CT molecular complexity index is 784. The summed E-state index contributed by atoms with van der Waals surface area (Å²) in [4.78, 5) is 3.98. The first kappa shape index (κ1) is 14.4. The fourth-order valence-corrected chi connectivity index (χ4v) is 3.19. The Hall–Kier alpha value is -1.53. The molecule has 3 rings (SSSR count). The van der Waals surface area contributed by atoms with Crippen LogP contribution in [0.1, 0.15) is 17.0 Å². The SMILES string of the molecule is Cc1nc(S(=O)(=O)Cl)cn1CCc1ccc2c(c1)CCO2. The normalized spacial score (nSPS) is 14.0. The third-order valence-electron chi connectivity index (χ3n) is 3.60. The van der Waals surface area contributed by atoms with E-state index in [-0.39, 0.29) is 5.03 Å². The number of nitrogens with zero attached hydrogens (tertiary/aromatic N) is 2. The van der Waals surface area contributed by atoms with E-state index in [9.17, 15) is 8.42 Å². The highest BCUT2D eigenvalue weighted by Gasteiger charge is 2.16. The topological polar surface area (TPSA) is 61.2 Å². The minimum absolute atomic E-state index is 0.0935. The van der Waals surface area contributed by atoms with Gasteiger partial charge in [0.1, 0.15) is 11.6 Å². The van der Waals surface area contributed by atoms with E-state index in [1.165, 1.54) is 17.3 Å². The summed E-state index contributed by atoms with van der Waals surface area (Å²) in [6, 6.07) is 6.18. The van der Waals surface area contributed by atoms with Gasteiger partial charge in [-0.05, 0) is 30.5 Å². The lowest BCUT2D eigenvalue weighted by Crippen LogP contribution is -2.02. The third-order valence-corrected chi connectivity index (χ3v) is 4.77. The zero-order valence-corrected chi connectivity index (χ0v) is 13.1. The van der Waals surface area contributed by atoms with Crippen LogP contribution in [0.5, 0.6) is 5.75 Å². The fraction of sp³-hybridized carbons (Fsp3) is 0.357. The summed E-state index contributed by atoms with van der Waals surface area (Å²) < 4.78 is 29.8. The van der Waals surface area contributed by atoms with Crippen LogP contribution in [-0.2, 0) is 28.4 Å². The molecule has 0 aliphatic carbocycles. The fourth-order valence-electron chi connectivity index (χ4n) is 2.47. The number of halogens is 1. The first-order valence-corrected chi connectivity index (χ1v) is 8.97. The van der Waals surface area contributed by atoms with E-state index in [0.29, 0.717) is 12.4 Å². The molecular formula is C14H15ClN2O3S. The van der Waals surface area contributed by atoms with Crippen molar-refractivity contribution in [3.05, 3.63) is 41.3 Å². The molecule has 1 aliphatic rings. The van der Waals surface area contributed by atoms with E-state index >= 15 is 0 Å². The van der Waals surface area contributed by atoms with Gasteiger partial charge in [-0.1, -0.05) is 12.1 Å². The van der Waals surface area contributed by atoms with E-state index in [1.807, 2.05) is 12.1 Å². The molecule has 0 unspecified atom stereocenters. The van der Waals surface area contributed by atoms with Gasteiger partial charge in [0.25, 0.3) is 9.05 Å². The Morgan fingerprint density at radius 3 is 2.95 bits per heavy atom. The summed E-state index contributed by atoms with van der Waals surface area (Å²) in [5.74, 6) is 1.60. The van der Waals surface area contributed by atoms with E-state index < -0.39 is 9.05 Å². The van der Waals surface area contributed by atoms with Crippen LogP contribution >= 0.6 is 10.7 Å². The minimum Gasteiger partial charge on any atom is -0.493 e. The molecule has 0 spiro atoms. The second-order valence-corrected chi connectivity index (χ2v) is 7.56. The molecule has 0 N–H and O–H groups in total. The average molecular weight is 327 g/mol. The number of hydrogen-bond acceptors (Lipinski definition) is 4. The number of hydrogen-bond donors (Lipinski definition) is 0. The van der Waals surface area contributed by atoms with Gasteiger partial charge >= 0.3 is 0 Å². The Morgan fingerprint density at radius 1 is 1.43 bits per heavy atom. The molecular weight excluding hydrogens is 312 g/mol. The van der Waals surface area contributed by atoms with E-state index in [2.05, 4.69) is 11.1 Å². The quantitative estimate of drug-likeness (QED) is 0.809. The first-order chi connectivity index (χ1) is 9.93. The van der Waals surface area contributed by atoms with Crippen molar-refractivity contribution >= 4 is 19.7 Å². The number of benzene rings is 1. The van der Waals surface area contributed by atoms with E-state index in [4.69, 9.17) is 15.4 Å². The van der Waals surface area contributed by atoms with Crippen LogP contribution in [0.4, 0.5) is 0 Å². The van der Waals surface area contributed by atoms with Crippen molar-refractivity contribution in [2.45, 2.75) is 31.3 Å². The Morgan fingerprint density at radius 2 is 2.24 bits per heavy atom. The molecule has 0 atom stereocenters. The van der Waals surface area contributed by atoms with Crippen LogP contribution in [-0.4, -0.2) is 24.6 Å². The Balaban J connectivity index is 1.75. The molecule has 1 aliphatic heterocycles. The Kier molecular flexibility index (Phi) is 3.67. The van der Waals surface area contributed by atoms with Gasteiger partial charge in [0.05, 0.1) is 6.61 Å². The summed E-state index contributed by atoms with van der Waals surface area (Å²) >= 11 is 0. The highest BCUT2D eigenvalue weighted by atomic mass is 35.7. The molecule has 2 heterocycles. The maximum absolute atomic E-state index is 11.3. The van der Waals surface area contributed by atoms with Crippen molar-refractivity contribution in [2.75, 3.05) is 6.61 Å². The molecule has 21 heavy (non-hydrogen) atoms. The molecule has 1 aromatic carbocycles. The second kappa shape index (κ2) is 5.35. The maximum atomic E-state index is 11.3. The molecule has 2 aromatic rings. The van der Waals surface area contributed by atoms with Gasteiger partial charge in [-0.3, -0.25) is 0 Å². The number of fused-ring (bicyclic) bond motifs is 1. The molecule has 7 heteroatoms. The van der Waals surface area contributed by atoms with Gasteiger partial charge in [-0.25, -0.2) is 13.4 Å². The van der Waals surface area contributed by atoms with Gasteiger partial charge < -0.3 is 9.30 Å². The van der Waals surface area contributed by atoms with Crippen molar-refractivity contribution in [3.63, 3.8) is 0 Å². The minimum atomic E-state index is -3.77. The average Bonchev–Trinajstić information content (AvgIpc) is 3.01. The van der Waals surface area contributed by atoms with Crippen LogP contribution in [0.2, 0.25) is 0 Å². The summed E-state index contributed by atoms with van der Waals surface area (Å²) in [6.07, 6.45) is 3.22. The molecule has 5 nitrogen and oxygen atoms in total. The standard InChI is InChI=1S/C14H15ClN2O3S/c1-10-16-14(21(15,18)19)9-17(10)6-4-11-2-3-13-12(8-11)5-7-20-13/h2-3,8-9H,4-7H2,1H3. The molecule has 0 radical (unpaired) electrons. The summed E-state index contributed by atoms with van der Waals surface area (Å²) in [7, 11) is 1.54. The van der Waals surface area contributed by atoms with Crippen molar-refractivity contribution in [2.24, 2.45) is 0 Å². The predicted octanol–water partition coefficient (Wildman–Crippen LogP) is 2.30. The zero-order valence-electron chi connectivity index (χ0n) is 11.5. The number of rotatable bonds is 4. The van der Waals surface area contributed by atoms with Gasteiger partial charge in [0, 0.05) is 29.8 Å². The van der Waals surface area contributed by atoms with Crippen molar-refractivity contribution in [3.8, 4) is 5.75 Å². The van der Waals surface area contributed by atoms with Crippen LogP contribution in [0.15, 0.2) is 29.4 Å². The lowest BCUT2D eigenvalue weighted by atomic mass is 10.1. The van der Waals surface area contributed by atoms with Gasteiger partial charge in [-0.15, -0.1) is 0 Å². The van der Waals surface area contributed by atoms with Crippen molar-refractivity contribution in [1.82, 2.24) is 9.55 Å². The van der Waals surface area contributed by atoms with Crippen LogP contribution in [0.25, 0.3) is 0 Å². The zero-order chi connectivity index (χ0) is 15.0. The lowest BCUT2D eigenvalue weighted by molar-refractivity contribution is 0.357.